The molecule has 0 amide bonds. The molecule has 0 saturated carbocycles. The van der Waals surface area contributed by atoms with Crippen LogP contribution in [0.2, 0.25) is 0 Å². The molecule has 0 aliphatic carbocycles. The van der Waals surface area contributed by atoms with E-state index in [0.29, 0.717) is 5.75 Å². The Labute approximate surface area is 176 Å². The molecule has 10 nitrogen and oxygen atoms in total. The van der Waals surface area contributed by atoms with Crippen molar-refractivity contribution < 1.29 is 28.6 Å². The number of rotatable bonds is 8. The van der Waals surface area contributed by atoms with Gasteiger partial charge in [-0.05, 0) is 0 Å². The van der Waals surface area contributed by atoms with Gasteiger partial charge in [0, 0.05) is 23.4 Å². The van der Waals surface area contributed by atoms with Crippen molar-refractivity contribution in [3.63, 3.8) is 0 Å². The van der Waals surface area contributed by atoms with E-state index < -0.39 is 47.8 Å². The minimum Gasteiger partial charge on any atom is -0.389 e. The lowest BCUT2D eigenvalue weighted by Gasteiger charge is -2.17. The van der Waals surface area contributed by atoms with Crippen LogP contribution in [0.15, 0.2) is 21.9 Å². The predicted octanol–water partition coefficient (Wildman–Crippen LogP) is 0.601. The number of nitrogens with zero attached hydrogens (tertiary/aromatic N) is 1. The Morgan fingerprint density at radius 3 is 2.62 bits per heavy atom. The highest BCUT2D eigenvalue weighted by molar-refractivity contribution is 8.13. The molecule has 0 spiro atoms. The van der Waals surface area contributed by atoms with Gasteiger partial charge in [-0.1, -0.05) is 32.5 Å². The lowest BCUT2D eigenvalue weighted by molar-refractivity contribution is -0.117. The number of hydrogen-bond donors (Lipinski definition) is 3. The number of carbonyl (C=O) groups is 1. The zero-order valence-corrected chi connectivity index (χ0v) is 18.8. The predicted molar refractivity (Wildman–Crippen MR) is 112 cm³/mol. The molecular weight excluding hydrogens is 443 g/mol. The highest BCUT2D eigenvalue weighted by atomic mass is 32.2. The number of aromatic amines is 1. The van der Waals surface area contributed by atoms with E-state index in [1.165, 1.54) is 6.20 Å². The first-order valence-corrected chi connectivity index (χ1v) is 12.0. The molecule has 5 atom stereocenters. The molecular formula is C16H25N2O8PS2. The number of aliphatic hydroxyl groups is 2. The summed E-state index contributed by atoms with van der Waals surface area (Å²) in [5.74, 6) is 0.340. The zero-order valence-electron chi connectivity index (χ0n) is 16.2. The quantitative estimate of drug-likeness (QED) is 0.366. The van der Waals surface area contributed by atoms with Crippen LogP contribution in [0.5, 0.6) is 0 Å². The first kappa shape index (κ1) is 24.4. The molecule has 1 unspecified atom stereocenters. The van der Waals surface area contributed by atoms with Gasteiger partial charge in [-0.25, -0.2) is 4.79 Å². The molecule has 0 aromatic carbocycles. The van der Waals surface area contributed by atoms with Crippen LogP contribution in [-0.4, -0.2) is 61.3 Å². The topological polar surface area (TPSA) is 148 Å². The highest BCUT2D eigenvalue weighted by Crippen LogP contribution is 2.42. The summed E-state index contributed by atoms with van der Waals surface area (Å²) in [4.78, 5) is 36.9. The van der Waals surface area contributed by atoms with E-state index in [1.807, 2.05) is 20.8 Å². The summed E-state index contributed by atoms with van der Waals surface area (Å²) in [6, 6.07) is 1.14. The van der Waals surface area contributed by atoms with Gasteiger partial charge in [0.15, 0.2) is 5.12 Å². The van der Waals surface area contributed by atoms with Gasteiger partial charge < -0.3 is 19.3 Å². The normalized spacial score (nSPS) is 25.8. The summed E-state index contributed by atoms with van der Waals surface area (Å²) in [6.45, 7) is 5.33. The second kappa shape index (κ2) is 10.4. The van der Waals surface area contributed by atoms with E-state index >= 15 is 0 Å². The molecule has 1 aliphatic rings. The van der Waals surface area contributed by atoms with Gasteiger partial charge in [0.25, 0.3) is 5.56 Å². The van der Waals surface area contributed by atoms with Gasteiger partial charge >= 0.3 is 13.9 Å². The minimum absolute atomic E-state index is 0.00435. The average Bonchev–Trinajstić information content (AvgIpc) is 2.91. The number of aliphatic hydroxyl groups excluding tert-OH is 2. The third-order valence-electron chi connectivity index (χ3n) is 3.98. The number of carbonyl (C=O) groups excluding carboxylic acids is 1. The van der Waals surface area contributed by atoms with E-state index in [4.69, 9.17) is 9.05 Å². The summed E-state index contributed by atoms with van der Waals surface area (Å²) < 4.78 is 23.2. The molecule has 1 aromatic rings. The van der Waals surface area contributed by atoms with Crippen LogP contribution in [0.4, 0.5) is 0 Å². The summed E-state index contributed by atoms with van der Waals surface area (Å²) in [7, 11) is -2.84. The molecule has 1 aliphatic heterocycles. The van der Waals surface area contributed by atoms with Gasteiger partial charge in [-0.2, -0.15) is 0 Å². The lowest BCUT2D eigenvalue weighted by atomic mass is 10.00. The van der Waals surface area contributed by atoms with Crippen LogP contribution in [0.3, 0.4) is 0 Å². The van der Waals surface area contributed by atoms with Crippen LogP contribution in [0, 0.1) is 5.41 Å². The Balaban J connectivity index is 1.80. The van der Waals surface area contributed by atoms with Gasteiger partial charge in [0.1, 0.15) is 11.5 Å². The van der Waals surface area contributed by atoms with Gasteiger partial charge in [-0.3, -0.25) is 23.7 Å². The fourth-order valence-corrected chi connectivity index (χ4v) is 5.56. The van der Waals surface area contributed by atoms with Crippen LogP contribution in [-0.2, 0) is 18.4 Å². The zero-order chi connectivity index (χ0) is 21.8. The first-order valence-electron chi connectivity index (χ1n) is 8.80. The fourth-order valence-electron chi connectivity index (χ4n) is 2.39. The van der Waals surface area contributed by atoms with Crippen molar-refractivity contribution in [1.82, 2.24) is 9.55 Å². The Morgan fingerprint density at radius 2 is 2.00 bits per heavy atom. The molecule has 13 heteroatoms. The third-order valence-corrected chi connectivity index (χ3v) is 7.61. The van der Waals surface area contributed by atoms with Crippen molar-refractivity contribution in [2.45, 2.75) is 43.6 Å². The minimum atomic E-state index is -2.84. The van der Waals surface area contributed by atoms with Crippen LogP contribution >= 0.6 is 31.8 Å². The van der Waals surface area contributed by atoms with Crippen molar-refractivity contribution in [2.24, 2.45) is 5.41 Å². The van der Waals surface area contributed by atoms with E-state index in [1.54, 1.807) is 0 Å². The number of H-pyrrole nitrogens is 1. The maximum atomic E-state index is 11.9. The number of hydrogen-bond acceptors (Lipinski definition) is 10. The average molecular weight is 468 g/mol. The van der Waals surface area contributed by atoms with Crippen LogP contribution in [0.25, 0.3) is 0 Å². The maximum Gasteiger partial charge on any atom is 0.329 e. The standard InChI is InChI=1S/C16H25N2O8PS2/c1-16(2,3)14(22)28-7-6-25-27(24)26-8-9-11(20)12(21)13(29-9)18-5-4-10(19)17-15(18)23/h4-5,9,11-13,20-21,27H,6-8H2,1-3H3,(H,17,19,23)/t9-,11-,12-,13-/m1/s1. The number of thioether (sulfide) groups is 2. The molecule has 1 fully saturated rings. The Bertz CT molecular complexity index is 852. The number of aromatic nitrogens is 2. The summed E-state index contributed by atoms with van der Waals surface area (Å²) in [6.07, 6.45) is -1.26. The second-order valence-electron chi connectivity index (χ2n) is 7.36. The Hall–Kier alpha value is -0.880. The summed E-state index contributed by atoms with van der Waals surface area (Å²) in [5.41, 5.74) is -1.74. The summed E-state index contributed by atoms with van der Waals surface area (Å²) >= 11 is 2.16. The molecule has 0 radical (unpaired) electrons. The smallest absolute Gasteiger partial charge is 0.329 e. The van der Waals surface area contributed by atoms with E-state index in [9.17, 15) is 29.2 Å². The molecule has 164 valence electrons. The fraction of sp³-hybridized carbons (Fsp3) is 0.688. The molecule has 1 saturated heterocycles. The third kappa shape index (κ3) is 6.81. The molecule has 3 N–H and O–H groups in total. The van der Waals surface area contributed by atoms with Crippen LogP contribution in [0.1, 0.15) is 26.1 Å². The maximum absolute atomic E-state index is 11.9. The summed E-state index contributed by atoms with van der Waals surface area (Å²) in [5, 5.41) is 18.9. The van der Waals surface area contributed by atoms with E-state index in [-0.39, 0.29) is 18.3 Å². The molecule has 2 heterocycles. The van der Waals surface area contributed by atoms with Gasteiger partial charge in [0.05, 0.1) is 24.6 Å². The second-order valence-corrected chi connectivity index (χ2v) is 10.9. The van der Waals surface area contributed by atoms with Crippen molar-refractivity contribution in [2.75, 3.05) is 19.0 Å². The van der Waals surface area contributed by atoms with Crippen molar-refractivity contribution >= 4 is 36.9 Å². The van der Waals surface area contributed by atoms with E-state index in [2.05, 4.69) is 4.98 Å². The highest BCUT2D eigenvalue weighted by Gasteiger charge is 2.44. The SMILES string of the molecule is CC(C)(C)C(=O)SCCO[PH](=O)OC[C@H]1S[C@@H](n2ccc(=O)[nH]c2=O)[C@H](O)[C@@H]1O. The van der Waals surface area contributed by atoms with Crippen LogP contribution < -0.4 is 11.2 Å². The molecule has 2 rings (SSSR count). The van der Waals surface area contributed by atoms with Crippen molar-refractivity contribution in [3.8, 4) is 0 Å². The van der Waals surface area contributed by atoms with Gasteiger partial charge in [-0.15, -0.1) is 11.8 Å². The molecule has 0 bridgehead atoms. The monoisotopic (exact) mass is 468 g/mol. The van der Waals surface area contributed by atoms with Crippen molar-refractivity contribution in [1.29, 1.82) is 0 Å². The Morgan fingerprint density at radius 1 is 1.31 bits per heavy atom. The lowest BCUT2D eigenvalue weighted by Crippen LogP contribution is -2.37. The van der Waals surface area contributed by atoms with E-state index in [0.717, 1.165) is 34.2 Å². The largest absolute Gasteiger partial charge is 0.389 e. The molecule has 29 heavy (non-hydrogen) atoms. The van der Waals surface area contributed by atoms with Crippen molar-refractivity contribution in [3.05, 3.63) is 33.1 Å². The first-order chi connectivity index (χ1) is 13.5. The number of nitrogens with one attached hydrogen (secondary N) is 1. The van der Waals surface area contributed by atoms with Gasteiger partial charge in [0.2, 0.25) is 0 Å². The molecule has 1 aromatic heterocycles. The Kier molecular flexibility index (Phi) is 8.77.